The normalized spacial score (nSPS) is 20.5. The Morgan fingerprint density at radius 3 is 2.75 bits per heavy atom. The molecule has 0 saturated heterocycles. The summed E-state index contributed by atoms with van der Waals surface area (Å²) in [5.41, 5.74) is 5.60. The van der Waals surface area contributed by atoms with E-state index < -0.39 is 0 Å². The Balaban J connectivity index is 1.84. The van der Waals surface area contributed by atoms with Gasteiger partial charge in [-0.1, -0.05) is 0 Å². The molecule has 2 aliphatic heterocycles. The van der Waals surface area contributed by atoms with Gasteiger partial charge < -0.3 is 19.3 Å². The van der Waals surface area contributed by atoms with Crippen LogP contribution in [0.25, 0.3) is 11.1 Å². The number of methoxy groups -OCH3 is 1. The first kappa shape index (κ1) is 14.0. The van der Waals surface area contributed by atoms with Crippen LogP contribution in [0.5, 0.6) is 23.0 Å². The maximum absolute atomic E-state index is 10.9. The molecule has 0 unspecified atom stereocenters. The van der Waals surface area contributed by atoms with Crippen LogP contribution in [0.1, 0.15) is 22.7 Å². The summed E-state index contributed by atoms with van der Waals surface area (Å²) in [5, 5.41) is 10.9. The fraction of sp³-hybridized carbons (Fsp3) is 0.368. The monoisotopic (exact) mass is 325 g/mol. The first-order valence-electron chi connectivity index (χ1n) is 8.23. The summed E-state index contributed by atoms with van der Waals surface area (Å²) in [6.07, 6.45) is 1.88. The number of phenolic OH excluding ortho intramolecular Hbond substituents is 1. The zero-order chi connectivity index (χ0) is 16.4. The van der Waals surface area contributed by atoms with Crippen LogP contribution >= 0.6 is 0 Å². The molecule has 2 heterocycles. The number of benzene rings is 2. The van der Waals surface area contributed by atoms with Gasteiger partial charge in [0.1, 0.15) is 0 Å². The van der Waals surface area contributed by atoms with Gasteiger partial charge in [0.2, 0.25) is 6.79 Å². The molecule has 2 aromatic carbocycles. The third-order valence-electron chi connectivity index (χ3n) is 5.49. The van der Waals surface area contributed by atoms with Gasteiger partial charge in [-0.3, -0.25) is 4.90 Å². The van der Waals surface area contributed by atoms with Gasteiger partial charge in [-0.05, 0) is 60.3 Å². The second kappa shape index (κ2) is 4.80. The number of nitrogens with zero attached hydrogens (tertiary/aromatic N) is 1. The first-order valence-corrected chi connectivity index (χ1v) is 8.23. The molecule has 1 N–H and O–H groups in total. The molecular formula is C19H19NO4. The predicted octanol–water partition coefficient (Wildman–Crippen LogP) is 2.88. The van der Waals surface area contributed by atoms with Crippen LogP contribution in [-0.2, 0) is 12.8 Å². The molecule has 124 valence electrons. The van der Waals surface area contributed by atoms with E-state index in [1.807, 2.05) is 12.1 Å². The van der Waals surface area contributed by atoms with Gasteiger partial charge in [-0.2, -0.15) is 0 Å². The highest BCUT2D eigenvalue weighted by atomic mass is 16.7. The van der Waals surface area contributed by atoms with Gasteiger partial charge in [-0.15, -0.1) is 0 Å². The number of ether oxygens (including phenoxy) is 3. The lowest BCUT2D eigenvalue weighted by atomic mass is 9.76. The Labute approximate surface area is 140 Å². The summed E-state index contributed by atoms with van der Waals surface area (Å²) >= 11 is 0. The predicted molar refractivity (Wildman–Crippen MR) is 89.0 cm³/mol. The van der Waals surface area contributed by atoms with Gasteiger partial charge in [0.15, 0.2) is 23.0 Å². The Hall–Kier alpha value is -2.40. The summed E-state index contributed by atoms with van der Waals surface area (Å²) in [7, 11) is 3.75. The highest BCUT2D eigenvalue weighted by Gasteiger charge is 2.36. The minimum atomic E-state index is 0.219. The highest BCUT2D eigenvalue weighted by molar-refractivity contribution is 5.84. The van der Waals surface area contributed by atoms with E-state index in [0.29, 0.717) is 5.75 Å². The molecule has 0 amide bonds. The Morgan fingerprint density at radius 1 is 1.17 bits per heavy atom. The van der Waals surface area contributed by atoms with Crippen LogP contribution in [0.15, 0.2) is 18.2 Å². The maximum atomic E-state index is 10.9. The van der Waals surface area contributed by atoms with E-state index in [4.69, 9.17) is 14.2 Å². The molecule has 3 aliphatic rings. The number of aromatic hydroxyl groups is 1. The fourth-order valence-corrected chi connectivity index (χ4v) is 4.26. The summed E-state index contributed by atoms with van der Waals surface area (Å²) in [4.78, 5) is 2.37. The molecule has 0 aromatic heterocycles. The van der Waals surface area contributed by atoms with Crippen molar-refractivity contribution in [2.24, 2.45) is 0 Å². The zero-order valence-corrected chi connectivity index (χ0v) is 13.8. The van der Waals surface area contributed by atoms with Crippen LogP contribution in [0.3, 0.4) is 0 Å². The van der Waals surface area contributed by atoms with Crippen LogP contribution in [0.2, 0.25) is 0 Å². The largest absolute Gasteiger partial charge is 0.504 e. The van der Waals surface area contributed by atoms with E-state index >= 15 is 0 Å². The first-order chi connectivity index (χ1) is 11.7. The lowest BCUT2D eigenvalue weighted by Crippen LogP contribution is -2.35. The molecule has 0 spiro atoms. The van der Waals surface area contributed by atoms with E-state index in [1.54, 1.807) is 7.11 Å². The van der Waals surface area contributed by atoms with Crippen molar-refractivity contribution in [2.75, 3.05) is 27.5 Å². The van der Waals surface area contributed by atoms with Crippen molar-refractivity contribution in [1.82, 2.24) is 4.90 Å². The van der Waals surface area contributed by atoms with Gasteiger partial charge in [0.25, 0.3) is 0 Å². The van der Waals surface area contributed by atoms with Crippen molar-refractivity contribution in [3.63, 3.8) is 0 Å². The van der Waals surface area contributed by atoms with Crippen molar-refractivity contribution < 1.29 is 19.3 Å². The van der Waals surface area contributed by atoms with Crippen molar-refractivity contribution in [3.05, 3.63) is 34.9 Å². The fourth-order valence-electron chi connectivity index (χ4n) is 4.26. The van der Waals surface area contributed by atoms with E-state index in [1.165, 1.54) is 16.7 Å². The molecule has 0 bridgehead atoms. The number of hydrogen-bond acceptors (Lipinski definition) is 5. The van der Waals surface area contributed by atoms with Gasteiger partial charge in [0.05, 0.1) is 7.11 Å². The van der Waals surface area contributed by atoms with Crippen LogP contribution in [-0.4, -0.2) is 37.5 Å². The number of phenols is 1. The van der Waals surface area contributed by atoms with E-state index in [-0.39, 0.29) is 18.6 Å². The smallest absolute Gasteiger partial charge is 0.231 e. The van der Waals surface area contributed by atoms with Crippen LogP contribution in [0, 0.1) is 0 Å². The van der Waals surface area contributed by atoms with Crippen molar-refractivity contribution in [3.8, 4) is 34.1 Å². The third-order valence-corrected chi connectivity index (χ3v) is 5.49. The second-order valence-electron chi connectivity index (χ2n) is 6.69. The Morgan fingerprint density at radius 2 is 1.96 bits per heavy atom. The Bertz CT molecular complexity index is 861. The number of hydrogen-bond donors (Lipinski definition) is 1. The summed E-state index contributed by atoms with van der Waals surface area (Å²) in [6.45, 7) is 1.26. The number of likely N-dealkylation sites (N-methyl/N-ethyl adjacent to an activating group) is 1. The molecule has 24 heavy (non-hydrogen) atoms. The molecule has 5 nitrogen and oxygen atoms in total. The minimum absolute atomic E-state index is 0.219. The summed E-state index contributed by atoms with van der Waals surface area (Å²) in [6, 6.07) is 6.32. The third kappa shape index (κ3) is 1.73. The maximum Gasteiger partial charge on any atom is 0.231 e. The lowest BCUT2D eigenvalue weighted by molar-refractivity contribution is 0.174. The van der Waals surface area contributed by atoms with E-state index in [9.17, 15) is 5.11 Å². The van der Waals surface area contributed by atoms with Gasteiger partial charge in [-0.25, -0.2) is 0 Å². The van der Waals surface area contributed by atoms with Crippen LogP contribution < -0.4 is 14.2 Å². The summed E-state index contributed by atoms with van der Waals surface area (Å²) in [5.74, 6) is 2.29. The molecule has 0 radical (unpaired) electrons. The average Bonchev–Trinajstić information content (AvgIpc) is 3.04. The van der Waals surface area contributed by atoms with Crippen LogP contribution in [0.4, 0.5) is 0 Å². The summed E-state index contributed by atoms with van der Waals surface area (Å²) < 4.78 is 16.5. The average molecular weight is 325 g/mol. The lowest BCUT2D eigenvalue weighted by Gasteiger charge is -2.40. The minimum Gasteiger partial charge on any atom is -0.504 e. The van der Waals surface area contributed by atoms with Gasteiger partial charge >= 0.3 is 0 Å². The standard InChI is InChI=1S/C19H19NO4/c1-20-4-3-10-6-16(22-2)19(21)18-12-8-15-14(23-9-24-15)7-11(12)5-13(20)17(10)18/h6-8,13,21H,3-5,9H2,1-2H3/t13-/m0/s1. The molecule has 1 atom stereocenters. The molecule has 0 saturated carbocycles. The zero-order valence-electron chi connectivity index (χ0n) is 13.8. The topological polar surface area (TPSA) is 51.2 Å². The molecule has 5 heteroatoms. The molecule has 1 aliphatic carbocycles. The quantitative estimate of drug-likeness (QED) is 0.874. The molecule has 2 aromatic rings. The van der Waals surface area contributed by atoms with Crippen molar-refractivity contribution in [2.45, 2.75) is 18.9 Å². The number of fused-ring (bicyclic) bond motifs is 3. The van der Waals surface area contributed by atoms with Crippen molar-refractivity contribution in [1.29, 1.82) is 0 Å². The van der Waals surface area contributed by atoms with E-state index in [0.717, 1.165) is 42.0 Å². The second-order valence-corrected chi connectivity index (χ2v) is 6.69. The number of rotatable bonds is 1. The van der Waals surface area contributed by atoms with Crippen molar-refractivity contribution >= 4 is 0 Å². The molecule has 0 fully saturated rings. The van der Waals surface area contributed by atoms with Gasteiger partial charge in [0, 0.05) is 18.2 Å². The molecule has 5 rings (SSSR count). The Kier molecular flexibility index (Phi) is 2.80. The molecular weight excluding hydrogens is 306 g/mol. The SMILES string of the molecule is COc1cc2c3c(c1O)-c1cc4c(cc1C[C@@H]3N(C)CC2)OCO4. The highest BCUT2D eigenvalue weighted by Crippen LogP contribution is 2.53. The van der Waals surface area contributed by atoms with E-state index in [2.05, 4.69) is 18.0 Å².